The molecule has 0 spiro atoms. The number of hydrogen-bond acceptors (Lipinski definition) is 4. The summed E-state index contributed by atoms with van der Waals surface area (Å²) in [5, 5.41) is 11.9. The molecule has 1 fully saturated rings. The molecule has 0 atom stereocenters. The van der Waals surface area contributed by atoms with Gasteiger partial charge in [0.15, 0.2) is 0 Å². The minimum Gasteiger partial charge on any atom is -0.335 e. The largest absolute Gasteiger partial charge is 0.335 e. The zero-order valence-electron chi connectivity index (χ0n) is 17.0. The number of hydrogen-bond donors (Lipinski definition) is 2. The number of fused-ring (bicyclic) bond motifs is 1. The molecule has 2 amide bonds. The molecule has 3 aromatic rings. The van der Waals surface area contributed by atoms with Crippen LogP contribution in [0.2, 0.25) is 0 Å². The Morgan fingerprint density at radius 3 is 2.53 bits per heavy atom. The lowest BCUT2D eigenvalue weighted by molar-refractivity contribution is 0.235. The summed E-state index contributed by atoms with van der Waals surface area (Å²) in [6.07, 6.45) is 10.3. The van der Waals surface area contributed by atoms with Gasteiger partial charge in [0.1, 0.15) is 0 Å². The summed E-state index contributed by atoms with van der Waals surface area (Å²) in [5.74, 6) is 0. The Labute approximate surface area is 175 Å². The van der Waals surface area contributed by atoms with Crippen LogP contribution in [0.25, 0.3) is 10.8 Å². The van der Waals surface area contributed by atoms with Gasteiger partial charge in [-0.2, -0.15) is 5.10 Å². The van der Waals surface area contributed by atoms with Crippen LogP contribution in [0.3, 0.4) is 0 Å². The summed E-state index contributed by atoms with van der Waals surface area (Å²) in [6, 6.07) is 11.2. The highest BCUT2D eigenvalue weighted by Crippen LogP contribution is 2.17. The van der Waals surface area contributed by atoms with E-state index in [0.29, 0.717) is 17.6 Å². The summed E-state index contributed by atoms with van der Waals surface area (Å²) in [5.41, 5.74) is 1.42. The summed E-state index contributed by atoms with van der Waals surface area (Å²) < 4.78 is 1.44. The molecule has 2 N–H and O–H groups in total. The lowest BCUT2D eigenvalue weighted by Crippen LogP contribution is -2.42. The quantitative estimate of drug-likeness (QED) is 0.637. The molecule has 0 saturated heterocycles. The van der Waals surface area contributed by atoms with Gasteiger partial charge in [-0.15, -0.1) is 0 Å². The molecular weight excluding hydrogens is 378 g/mol. The Morgan fingerprint density at radius 2 is 1.80 bits per heavy atom. The molecule has 7 nitrogen and oxygen atoms in total. The molecule has 0 aliphatic heterocycles. The normalized spacial score (nSPS) is 14.9. The first-order chi connectivity index (χ1) is 14.7. The van der Waals surface area contributed by atoms with Crippen LogP contribution in [0.4, 0.5) is 4.79 Å². The Kier molecular flexibility index (Phi) is 6.37. The topological polar surface area (TPSA) is 88.9 Å². The Morgan fingerprint density at radius 1 is 1.03 bits per heavy atom. The molecule has 7 heteroatoms. The fourth-order valence-corrected chi connectivity index (χ4v) is 4.03. The standard InChI is InChI=1S/C23H27N5O2/c29-22-20-12-6-5-11-19(20)21(27-28(22)16-17-8-7-13-24-14-17)15-25-23(30)26-18-9-3-1-2-4-10-18/h5-8,11-14,18H,1-4,9-10,15-16H2,(H2,25,26,30). The molecular formula is C23H27N5O2. The molecule has 2 aromatic heterocycles. The van der Waals surface area contributed by atoms with Crippen LogP contribution in [0.1, 0.15) is 49.8 Å². The molecule has 0 bridgehead atoms. The zero-order chi connectivity index (χ0) is 20.8. The van der Waals surface area contributed by atoms with Crippen molar-refractivity contribution in [2.45, 2.75) is 57.7 Å². The average Bonchev–Trinajstić information content (AvgIpc) is 3.04. The van der Waals surface area contributed by atoms with Crippen molar-refractivity contribution in [3.63, 3.8) is 0 Å². The molecule has 1 aliphatic carbocycles. The SMILES string of the molecule is O=C(NCc1nn(Cc2cccnc2)c(=O)c2ccccc12)NC1CCCCCC1. The van der Waals surface area contributed by atoms with Crippen LogP contribution < -0.4 is 16.2 Å². The third kappa shape index (κ3) is 4.84. The number of urea groups is 1. The van der Waals surface area contributed by atoms with E-state index in [4.69, 9.17) is 0 Å². The number of pyridine rings is 1. The minimum absolute atomic E-state index is 0.152. The van der Waals surface area contributed by atoms with Gasteiger partial charge in [-0.25, -0.2) is 9.48 Å². The first-order valence-corrected chi connectivity index (χ1v) is 10.6. The van der Waals surface area contributed by atoms with Gasteiger partial charge in [0.2, 0.25) is 0 Å². The Bertz CT molecular complexity index is 1060. The Balaban J connectivity index is 1.53. The highest BCUT2D eigenvalue weighted by Gasteiger charge is 2.16. The molecule has 1 aliphatic rings. The summed E-state index contributed by atoms with van der Waals surface area (Å²) in [4.78, 5) is 29.5. The van der Waals surface area contributed by atoms with E-state index in [2.05, 4.69) is 20.7 Å². The first-order valence-electron chi connectivity index (χ1n) is 10.6. The molecule has 30 heavy (non-hydrogen) atoms. The van der Waals surface area contributed by atoms with E-state index in [1.807, 2.05) is 30.3 Å². The van der Waals surface area contributed by atoms with Gasteiger partial charge in [0.25, 0.3) is 5.56 Å². The van der Waals surface area contributed by atoms with Gasteiger partial charge in [0, 0.05) is 23.8 Å². The van der Waals surface area contributed by atoms with E-state index in [1.165, 1.54) is 17.5 Å². The van der Waals surface area contributed by atoms with Crippen molar-refractivity contribution in [2.75, 3.05) is 0 Å². The van der Waals surface area contributed by atoms with Gasteiger partial charge in [-0.3, -0.25) is 9.78 Å². The fourth-order valence-electron chi connectivity index (χ4n) is 4.03. The lowest BCUT2D eigenvalue weighted by atomic mass is 10.1. The van der Waals surface area contributed by atoms with Crippen molar-refractivity contribution in [1.82, 2.24) is 25.4 Å². The number of nitrogens with one attached hydrogen (secondary N) is 2. The maximum atomic E-state index is 12.9. The van der Waals surface area contributed by atoms with E-state index in [1.54, 1.807) is 18.5 Å². The number of rotatable bonds is 5. The predicted molar refractivity (Wildman–Crippen MR) is 116 cm³/mol. The van der Waals surface area contributed by atoms with E-state index in [9.17, 15) is 9.59 Å². The molecule has 156 valence electrons. The van der Waals surface area contributed by atoms with Crippen LogP contribution in [0.5, 0.6) is 0 Å². The molecule has 0 unspecified atom stereocenters. The first kappa shape index (κ1) is 20.1. The zero-order valence-corrected chi connectivity index (χ0v) is 17.0. The second kappa shape index (κ2) is 9.52. The van der Waals surface area contributed by atoms with Crippen molar-refractivity contribution in [3.8, 4) is 0 Å². The maximum absolute atomic E-state index is 12.9. The van der Waals surface area contributed by atoms with Crippen LogP contribution >= 0.6 is 0 Å². The van der Waals surface area contributed by atoms with Crippen molar-refractivity contribution >= 4 is 16.8 Å². The van der Waals surface area contributed by atoms with E-state index < -0.39 is 0 Å². The number of benzene rings is 1. The molecule has 1 saturated carbocycles. The van der Waals surface area contributed by atoms with Gasteiger partial charge in [0.05, 0.1) is 24.2 Å². The van der Waals surface area contributed by atoms with Crippen LogP contribution in [-0.2, 0) is 13.1 Å². The van der Waals surface area contributed by atoms with Crippen molar-refractivity contribution in [3.05, 3.63) is 70.4 Å². The second-order valence-corrected chi connectivity index (χ2v) is 7.83. The fraction of sp³-hybridized carbons (Fsp3) is 0.391. The van der Waals surface area contributed by atoms with Crippen molar-refractivity contribution in [2.24, 2.45) is 0 Å². The highest BCUT2D eigenvalue weighted by atomic mass is 16.2. The number of amides is 2. The highest BCUT2D eigenvalue weighted by molar-refractivity contribution is 5.84. The Hall–Kier alpha value is -3.22. The van der Waals surface area contributed by atoms with E-state index in [-0.39, 0.29) is 24.2 Å². The van der Waals surface area contributed by atoms with Gasteiger partial charge in [-0.1, -0.05) is 49.9 Å². The van der Waals surface area contributed by atoms with Crippen LogP contribution in [0, 0.1) is 0 Å². The molecule has 4 rings (SSSR count). The summed E-state index contributed by atoms with van der Waals surface area (Å²) in [6.45, 7) is 0.588. The van der Waals surface area contributed by atoms with Gasteiger partial charge in [-0.05, 0) is 30.5 Å². The van der Waals surface area contributed by atoms with Crippen molar-refractivity contribution in [1.29, 1.82) is 0 Å². The predicted octanol–water partition coefficient (Wildman–Crippen LogP) is 3.36. The monoisotopic (exact) mass is 405 g/mol. The number of carbonyl (C=O) groups is 1. The second-order valence-electron chi connectivity index (χ2n) is 7.83. The third-order valence-corrected chi connectivity index (χ3v) is 5.61. The summed E-state index contributed by atoms with van der Waals surface area (Å²) >= 11 is 0. The number of nitrogens with zero attached hydrogens (tertiary/aromatic N) is 3. The third-order valence-electron chi connectivity index (χ3n) is 5.61. The average molecular weight is 406 g/mol. The molecule has 2 heterocycles. The molecule has 1 aromatic carbocycles. The van der Waals surface area contributed by atoms with E-state index >= 15 is 0 Å². The minimum atomic E-state index is -0.183. The maximum Gasteiger partial charge on any atom is 0.315 e. The number of carbonyl (C=O) groups excluding carboxylic acids is 1. The van der Waals surface area contributed by atoms with E-state index in [0.717, 1.165) is 36.6 Å². The van der Waals surface area contributed by atoms with Gasteiger partial charge < -0.3 is 10.6 Å². The van der Waals surface area contributed by atoms with Crippen LogP contribution in [0.15, 0.2) is 53.6 Å². The summed E-state index contributed by atoms with van der Waals surface area (Å²) in [7, 11) is 0. The number of aromatic nitrogens is 3. The lowest BCUT2D eigenvalue weighted by Gasteiger charge is -2.17. The van der Waals surface area contributed by atoms with Gasteiger partial charge >= 0.3 is 6.03 Å². The smallest absolute Gasteiger partial charge is 0.315 e. The van der Waals surface area contributed by atoms with Crippen molar-refractivity contribution < 1.29 is 4.79 Å². The van der Waals surface area contributed by atoms with Crippen LogP contribution in [-0.4, -0.2) is 26.8 Å². The molecule has 0 radical (unpaired) electrons.